The van der Waals surface area contributed by atoms with Gasteiger partial charge in [0.2, 0.25) is 5.91 Å². The van der Waals surface area contributed by atoms with Crippen LogP contribution in [0.3, 0.4) is 0 Å². The number of nitrogens with zero attached hydrogens (tertiary/aromatic N) is 2. The molecule has 1 aliphatic heterocycles. The van der Waals surface area contributed by atoms with Gasteiger partial charge >= 0.3 is 0 Å². The van der Waals surface area contributed by atoms with E-state index in [0.717, 1.165) is 32.1 Å². The summed E-state index contributed by atoms with van der Waals surface area (Å²) in [6, 6.07) is 0. The van der Waals surface area contributed by atoms with Gasteiger partial charge in [-0.05, 0) is 18.9 Å². The molecule has 17 heavy (non-hydrogen) atoms. The van der Waals surface area contributed by atoms with Gasteiger partial charge in [-0.1, -0.05) is 33.6 Å². The lowest BCUT2D eigenvalue weighted by Gasteiger charge is -2.34. The van der Waals surface area contributed by atoms with Crippen LogP contribution in [0.4, 0.5) is 0 Å². The molecule has 1 fully saturated rings. The summed E-state index contributed by atoms with van der Waals surface area (Å²) in [6.45, 7) is 11.7. The van der Waals surface area contributed by atoms with Crippen molar-refractivity contribution >= 4 is 5.91 Å². The van der Waals surface area contributed by atoms with Gasteiger partial charge in [0, 0.05) is 32.6 Å². The lowest BCUT2D eigenvalue weighted by atomic mass is 10.1. The highest BCUT2D eigenvalue weighted by Crippen LogP contribution is 2.09. The molecule has 0 radical (unpaired) electrons. The fraction of sp³-hybridized carbons (Fsp3) is 0.929. The van der Waals surface area contributed by atoms with Crippen LogP contribution < -0.4 is 0 Å². The van der Waals surface area contributed by atoms with Crippen LogP contribution in [0.15, 0.2) is 0 Å². The number of piperazine rings is 1. The van der Waals surface area contributed by atoms with E-state index in [0.29, 0.717) is 12.3 Å². The highest BCUT2D eigenvalue weighted by Gasteiger charge is 2.19. The van der Waals surface area contributed by atoms with Crippen molar-refractivity contribution in [2.24, 2.45) is 5.92 Å². The summed E-state index contributed by atoms with van der Waals surface area (Å²) in [6.07, 6.45) is 4.63. The van der Waals surface area contributed by atoms with E-state index < -0.39 is 0 Å². The predicted molar refractivity (Wildman–Crippen MR) is 72.0 cm³/mol. The Morgan fingerprint density at radius 2 is 1.76 bits per heavy atom. The first-order valence-corrected chi connectivity index (χ1v) is 7.13. The fourth-order valence-electron chi connectivity index (χ4n) is 2.33. The highest BCUT2D eigenvalue weighted by molar-refractivity contribution is 5.75. The molecule has 1 amide bonds. The van der Waals surface area contributed by atoms with Gasteiger partial charge in [-0.15, -0.1) is 0 Å². The van der Waals surface area contributed by atoms with Crippen molar-refractivity contribution < 1.29 is 4.79 Å². The predicted octanol–water partition coefficient (Wildman–Crippen LogP) is 2.37. The summed E-state index contributed by atoms with van der Waals surface area (Å²) in [5, 5.41) is 0. The highest BCUT2D eigenvalue weighted by atomic mass is 16.2. The summed E-state index contributed by atoms with van der Waals surface area (Å²) in [5.41, 5.74) is 0. The number of hydrogen-bond donors (Lipinski definition) is 0. The third-order valence-corrected chi connectivity index (χ3v) is 3.53. The van der Waals surface area contributed by atoms with E-state index in [1.54, 1.807) is 0 Å². The van der Waals surface area contributed by atoms with Crippen LogP contribution in [0.1, 0.15) is 46.5 Å². The minimum Gasteiger partial charge on any atom is -0.340 e. The van der Waals surface area contributed by atoms with Crippen molar-refractivity contribution in [2.45, 2.75) is 46.5 Å². The van der Waals surface area contributed by atoms with Gasteiger partial charge < -0.3 is 4.90 Å². The quantitative estimate of drug-likeness (QED) is 0.665. The van der Waals surface area contributed by atoms with Gasteiger partial charge in [0.15, 0.2) is 0 Å². The fourth-order valence-corrected chi connectivity index (χ4v) is 2.33. The summed E-state index contributed by atoms with van der Waals surface area (Å²) in [5.74, 6) is 1.14. The van der Waals surface area contributed by atoms with E-state index in [4.69, 9.17) is 0 Å². The molecule has 3 heteroatoms. The molecule has 0 aromatic rings. The zero-order valence-corrected chi connectivity index (χ0v) is 11.7. The van der Waals surface area contributed by atoms with Crippen molar-refractivity contribution in [1.29, 1.82) is 0 Å². The minimum atomic E-state index is 0.310. The lowest BCUT2D eigenvalue weighted by molar-refractivity contribution is -0.132. The Morgan fingerprint density at radius 3 is 2.29 bits per heavy atom. The van der Waals surface area contributed by atoms with Crippen molar-refractivity contribution in [1.82, 2.24) is 9.80 Å². The molecule has 0 aromatic heterocycles. The zero-order valence-electron chi connectivity index (χ0n) is 11.7. The van der Waals surface area contributed by atoms with Crippen LogP contribution in [-0.2, 0) is 4.79 Å². The average Bonchev–Trinajstić information content (AvgIpc) is 2.34. The third-order valence-electron chi connectivity index (χ3n) is 3.53. The number of rotatable bonds is 6. The summed E-state index contributed by atoms with van der Waals surface area (Å²) >= 11 is 0. The number of amides is 1. The molecule has 0 N–H and O–H groups in total. The summed E-state index contributed by atoms with van der Waals surface area (Å²) in [7, 11) is 0. The molecule has 0 aromatic carbocycles. The maximum Gasteiger partial charge on any atom is 0.222 e. The van der Waals surface area contributed by atoms with E-state index in [-0.39, 0.29) is 0 Å². The van der Waals surface area contributed by atoms with E-state index >= 15 is 0 Å². The molecular formula is C14H28N2O. The topological polar surface area (TPSA) is 23.6 Å². The molecule has 100 valence electrons. The average molecular weight is 240 g/mol. The van der Waals surface area contributed by atoms with Crippen LogP contribution in [0, 0.1) is 5.92 Å². The first kappa shape index (κ1) is 14.5. The minimum absolute atomic E-state index is 0.310. The van der Waals surface area contributed by atoms with E-state index in [9.17, 15) is 4.79 Å². The SMILES string of the molecule is CCC(=O)N1CCN(CCCCC(C)C)CC1. The lowest BCUT2D eigenvalue weighted by Crippen LogP contribution is -2.48. The monoisotopic (exact) mass is 240 g/mol. The van der Waals surface area contributed by atoms with Gasteiger partial charge in [0.25, 0.3) is 0 Å². The first-order valence-electron chi connectivity index (χ1n) is 7.13. The van der Waals surface area contributed by atoms with Crippen molar-refractivity contribution in [3.05, 3.63) is 0 Å². The Morgan fingerprint density at radius 1 is 1.12 bits per heavy atom. The maximum absolute atomic E-state index is 11.5. The Kier molecular flexibility index (Phi) is 6.56. The molecule has 0 spiro atoms. The first-order chi connectivity index (χ1) is 8.13. The molecule has 1 rings (SSSR count). The van der Waals surface area contributed by atoms with E-state index in [1.165, 1.54) is 25.8 Å². The Labute approximate surface area is 106 Å². The van der Waals surface area contributed by atoms with Gasteiger partial charge in [-0.25, -0.2) is 0 Å². The van der Waals surface area contributed by atoms with E-state index in [2.05, 4.69) is 18.7 Å². The van der Waals surface area contributed by atoms with Crippen LogP contribution in [0.2, 0.25) is 0 Å². The second-order valence-corrected chi connectivity index (χ2v) is 5.47. The molecule has 1 heterocycles. The summed E-state index contributed by atoms with van der Waals surface area (Å²) in [4.78, 5) is 16.0. The Balaban J connectivity index is 2.09. The standard InChI is InChI=1S/C14H28N2O/c1-4-14(17)16-11-9-15(10-12-16)8-6-5-7-13(2)3/h13H,4-12H2,1-3H3. The molecule has 0 aliphatic carbocycles. The number of carbonyl (C=O) groups is 1. The van der Waals surface area contributed by atoms with Gasteiger partial charge in [-0.2, -0.15) is 0 Å². The molecule has 0 unspecified atom stereocenters. The molecule has 0 atom stereocenters. The molecular weight excluding hydrogens is 212 g/mol. The molecule has 3 nitrogen and oxygen atoms in total. The van der Waals surface area contributed by atoms with Gasteiger partial charge in [-0.3, -0.25) is 9.69 Å². The smallest absolute Gasteiger partial charge is 0.222 e. The normalized spacial score (nSPS) is 17.8. The number of unbranched alkanes of at least 4 members (excludes halogenated alkanes) is 1. The summed E-state index contributed by atoms with van der Waals surface area (Å²) < 4.78 is 0. The Bertz CT molecular complexity index is 220. The molecule has 1 saturated heterocycles. The molecule has 1 aliphatic rings. The van der Waals surface area contributed by atoms with Crippen molar-refractivity contribution in [3.8, 4) is 0 Å². The van der Waals surface area contributed by atoms with Gasteiger partial charge in [0.1, 0.15) is 0 Å². The van der Waals surface area contributed by atoms with Crippen molar-refractivity contribution in [2.75, 3.05) is 32.7 Å². The maximum atomic E-state index is 11.5. The van der Waals surface area contributed by atoms with E-state index in [1.807, 2.05) is 11.8 Å². The second kappa shape index (κ2) is 7.70. The van der Waals surface area contributed by atoms with Gasteiger partial charge in [0.05, 0.1) is 0 Å². The van der Waals surface area contributed by atoms with Crippen molar-refractivity contribution in [3.63, 3.8) is 0 Å². The number of hydrogen-bond acceptors (Lipinski definition) is 2. The molecule has 0 saturated carbocycles. The zero-order chi connectivity index (χ0) is 12.7. The van der Waals surface area contributed by atoms with Crippen LogP contribution >= 0.6 is 0 Å². The number of carbonyl (C=O) groups excluding carboxylic acids is 1. The molecule has 0 bridgehead atoms. The van der Waals surface area contributed by atoms with Crippen LogP contribution in [-0.4, -0.2) is 48.4 Å². The van der Waals surface area contributed by atoms with Crippen LogP contribution in [0.25, 0.3) is 0 Å². The largest absolute Gasteiger partial charge is 0.340 e. The Hall–Kier alpha value is -0.570. The second-order valence-electron chi connectivity index (χ2n) is 5.47. The van der Waals surface area contributed by atoms with Crippen LogP contribution in [0.5, 0.6) is 0 Å². The third kappa shape index (κ3) is 5.53.